The molecule has 0 atom stereocenters. The van der Waals surface area contributed by atoms with Crippen LogP contribution in [-0.4, -0.2) is 24.9 Å². The van der Waals surface area contributed by atoms with E-state index in [1.54, 1.807) is 0 Å². The number of amides is 2. The summed E-state index contributed by atoms with van der Waals surface area (Å²) >= 11 is 0. The van der Waals surface area contributed by atoms with E-state index in [0.29, 0.717) is 6.42 Å². The number of unbranched alkanes of at least 4 members (excludes halogenated alkanes) is 1. The van der Waals surface area contributed by atoms with E-state index >= 15 is 0 Å². The van der Waals surface area contributed by atoms with Gasteiger partial charge in [-0.1, -0.05) is 13.3 Å². The first kappa shape index (κ1) is 13.2. The number of aryl methyl sites for hydroxylation is 1. The number of rotatable bonds is 4. The lowest BCUT2D eigenvalue weighted by atomic mass is 9.96. The third-order valence-electron chi connectivity index (χ3n) is 4.13. The fraction of sp³-hybridized carbons (Fsp3) is 0.500. The summed E-state index contributed by atoms with van der Waals surface area (Å²) in [5.41, 5.74) is 4.12. The first-order valence-electron chi connectivity index (χ1n) is 7.45. The summed E-state index contributed by atoms with van der Waals surface area (Å²) in [5, 5.41) is 2.96. The first-order valence-corrected chi connectivity index (χ1v) is 7.45. The lowest BCUT2D eigenvalue weighted by Gasteiger charge is -2.25. The van der Waals surface area contributed by atoms with E-state index in [1.807, 2.05) is 17.0 Å². The van der Waals surface area contributed by atoms with Crippen LogP contribution in [0, 0.1) is 0 Å². The molecule has 0 bridgehead atoms. The minimum Gasteiger partial charge on any atom is -0.352 e. The Morgan fingerprint density at radius 3 is 2.75 bits per heavy atom. The van der Waals surface area contributed by atoms with Crippen molar-refractivity contribution in [2.75, 3.05) is 18.0 Å². The van der Waals surface area contributed by atoms with Gasteiger partial charge >= 0.3 is 0 Å². The maximum Gasteiger partial charge on any atom is 0.251 e. The monoisotopic (exact) mass is 272 g/mol. The topological polar surface area (TPSA) is 49.4 Å². The predicted molar refractivity (Wildman–Crippen MR) is 78.1 cm³/mol. The molecule has 0 aromatic heterocycles. The summed E-state index contributed by atoms with van der Waals surface area (Å²) in [6, 6.07) is 3.92. The molecule has 106 valence electrons. The van der Waals surface area contributed by atoms with Gasteiger partial charge in [-0.2, -0.15) is 0 Å². The van der Waals surface area contributed by atoms with Crippen molar-refractivity contribution >= 4 is 17.5 Å². The number of carbonyl (C=O) groups is 2. The molecule has 4 nitrogen and oxygen atoms in total. The molecule has 3 rings (SSSR count). The second kappa shape index (κ2) is 5.27. The number of benzene rings is 1. The highest BCUT2D eigenvalue weighted by Gasteiger charge is 2.31. The van der Waals surface area contributed by atoms with Crippen molar-refractivity contribution in [1.29, 1.82) is 0 Å². The lowest BCUT2D eigenvalue weighted by molar-refractivity contribution is -0.118. The number of anilines is 1. The molecule has 0 saturated heterocycles. The molecule has 0 saturated carbocycles. The SMILES string of the molecule is CCCCNC(=O)c1cc2c3c(c1)CCN3C(=O)CC2. The molecule has 2 heterocycles. The van der Waals surface area contributed by atoms with Gasteiger partial charge in [0.2, 0.25) is 5.91 Å². The van der Waals surface area contributed by atoms with Gasteiger partial charge in [-0.05, 0) is 42.5 Å². The molecule has 0 spiro atoms. The van der Waals surface area contributed by atoms with Crippen LogP contribution >= 0.6 is 0 Å². The van der Waals surface area contributed by atoms with Gasteiger partial charge in [-0.3, -0.25) is 9.59 Å². The maximum absolute atomic E-state index is 12.2. The van der Waals surface area contributed by atoms with E-state index in [4.69, 9.17) is 0 Å². The molecule has 20 heavy (non-hydrogen) atoms. The van der Waals surface area contributed by atoms with E-state index in [1.165, 1.54) is 0 Å². The molecule has 2 amide bonds. The first-order chi connectivity index (χ1) is 9.70. The normalized spacial score (nSPS) is 16.2. The highest BCUT2D eigenvalue weighted by Crippen LogP contribution is 2.37. The van der Waals surface area contributed by atoms with Crippen molar-refractivity contribution in [3.8, 4) is 0 Å². The molecule has 1 aromatic rings. The van der Waals surface area contributed by atoms with Gasteiger partial charge in [0.1, 0.15) is 0 Å². The van der Waals surface area contributed by atoms with Crippen LogP contribution in [0.3, 0.4) is 0 Å². The second-order valence-electron chi connectivity index (χ2n) is 5.55. The van der Waals surface area contributed by atoms with Gasteiger partial charge in [-0.25, -0.2) is 0 Å². The summed E-state index contributed by atoms with van der Waals surface area (Å²) in [5.74, 6) is 0.226. The molecule has 1 N–H and O–H groups in total. The molecule has 0 radical (unpaired) electrons. The van der Waals surface area contributed by atoms with E-state index in [0.717, 1.165) is 61.2 Å². The zero-order valence-electron chi connectivity index (χ0n) is 11.9. The number of carbonyl (C=O) groups excluding carboxylic acids is 2. The van der Waals surface area contributed by atoms with Crippen LogP contribution in [0.25, 0.3) is 0 Å². The fourth-order valence-electron chi connectivity index (χ4n) is 3.07. The zero-order chi connectivity index (χ0) is 14.1. The quantitative estimate of drug-likeness (QED) is 0.853. The van der Waals surface area contributed by atoms with Crippen LogP contribution in [0.4, 0.5) is 5.69 Å². The van der Waals surface area contributed by atoms with Crippen LogP contribution in [0.2, 0.25) is 0 Å². The van der Waals surface area contributed by atoms with Crippen molar-refractivity contribution in [3.05, 3.63) is 28.8 Å². The zero-order valence-corrected chi connectivity index (χ0v) is 11.9. The number of hydrogen-bond acceptors (Lipinski definition) is 2. The molecular weight excluding hydrogens is 252 g/mol. The van der Waals surface area contributed by atoms with Crippen molar-refractivity contribution in [2.45, 2.75) is 39.0 Å². The van der Waals surface area contributed by atoms with Crippen LogP contribution < -0.4 is 10.2 Å². The molecule has 2 aliphatic heterocycles. The Bertz CT molecular complexity index is 566. The third-order valence-corrected chi connectivity index (χ3v) is 4.13. The van der Waals surface area contributed by atoms with Gasteiger partial charge < -0.3 is 10.2 Å². The third kappa shape index (κ3) is 2.19. The predicted octanol–water partition coefficient (Wildman–Crippen LogP) is 2.05. The van der Waals surface area contributed by atoms with Crippen LogP contribution in [0.15, 0.2) is 12.1 Å². The second-order valence-corrected chi connectivity index (χ2v) is 5.55. The Morgan fingerprint density at radius 2 is 2.00 bits per heavy atom. The lowest BCUT2D eigenvalue weighted by Crippen LogP contribution is -2.33. The maximum atomic E-state index is 12.2. The van der Waals surface area contributed by atoms with Gasteiger partial charge in [0.15, 0.2) is 0 Å². The smallest absolute Gasteiger partial charge is 0.251 e. The fourth-order valence-corrected chi connectivity index (χ4v) is 3.07. The van der Waals surface area contributed by atoms with Crippen molar-refractivity contribution < 1.29 is 9.59 Å². The molecule has 0 fully saturated rings. The summed E-state index contributed by atoms with van der Waals surface area (Å²) in [4.78, 5) is 25.9. The number of nitrogens with zero attached hydrogens (tertiary/aromatic N) is 1. The Kier molecular flexibility index (Phi) is 3.47. The van der Waals surface area contributed by atoms with Gasteiger partial charge in [0.05, 0.1) is 5.69 Å². The molecule has 0 unspecified atom stereocenters. The van der Waals surface area contributed by atoms with E-state index in [-0.39, 0.29) is 11.8 Å². The van der Waals surface area contributed by atoms with Gasteiger partial charge in [-0.15, -0.1) is 0 Å². The largest absolute Gasteiger partial charge is 0.352 e. The Balaban J connectivity index is 1.86. The van der Waals surface area contributed by atoms with E-state index in [2.05, 4.69) is 12.2 Å². The van der Waals surface area contributed by atoms with Crippen LogP contribution in [0.1, 0.15) is 47.7 Å². The van der Waals surface area contributed by atoms with Crippen LogP contribution in [-0.2, 0) is 17.6 Å². The minimum absolute atomic E-state index is 0.00727. The van der Waals surface area contributed by atoms with E-state index in [9.17, 15) is 9.59 Å². The molecule has 2 aliphatic rings. The summed E-state index contributed by atoms with van der Waals surface area (Å²) in [6.45, 7) is 3.60. The minimum atomic E-state index is 0.00727. The highest BCUT2D eigenvalue weighted by atomic mass is 16.2. The highest BCUT2D eigenvalue weighted by molar-refractivity contribution is 6.01. The summed E-state index contributed by atoms with van der Waals surface area (Å²) < 4.78 is 0. The molecular formula is C16H20N2O2. The van der Waals surface area contributed by atoms with Gasteiger partial charge in [0, 0.05) is 25.1 Å². The Morgan fingerprint density at radius 1 is 1.25 bits per heavy atom. The molecule has 1 aromatic carbocycles. The van der Waals surface area contributed by atoms with Crippen LogP contribution in [0.5, 0.6) is 0 Å². The summed E-state index contributed by atoms with van der Waals surface area (Å²) in [6.07, 6.45) is 4.27. The molecule has 4 heteroatoms. The average Bonchev–Trinajstić information content (AvgIpc) is 2.88. The summed E-state index contributed by atoms with van der Waals surface area (Å²) in [7, 11) is 0. The van der Waals surface area contributed by atoms with Crippen molar-refractivity contribution in [3.63, 3.8) is 0 Å². The van der Waals surface area contributed by atoms with E-state index < -0.39 is 0 Å². The van der Waals surface area contributed by atoms with Gasteiger partial charge in [0.25, 0.3) is 5.91 Å². The average molecular weight is 272 g/mol. The van der Waals surface area contributed by atoms with Crippen molar-refractivity contribution in [2.24, 2.45) is 0 Å². The number of hydrogen-bond donors (Lipinski definition) is 1. The standard InChI is InChI=1S/C16H20N2O2/c1-2-3-7-17-16(20)13-9-11-4-5-14(19)18-8-6-12(10-13)15(11)18/h9-10H,2-8H2,1H3,(H,17,20). The van der Waals surface area contributed by atoms with Crippen molar-refractivity contribution in [1.82, 2.24) is 5.32 Å². The molecule has 0 aliphatic carbocycles. The Labute approximate surface area is 119 Å². The number of nitrogens with one attached hydrogen (secondary N) is 1. The Hall–Kier alpha value is -1.84.